The molecule has 0 bridgehead atoms. The second kappa shape index (κ2) is 19.6. The molecular weight excluding hydrogens is 498 g/mol. The topological polar surface area (TPSA) is 150 Å². The quantitative estimate of drug-likeness (QED) is 0.147. The van der Waals surface area contributed by atoms with Crippen LogP contribution in [-0.2, 0) is 42.9 Å². The van der Waals surface area contributed by atoms with E-state index in [4.69, 9.17) is 18.9 Å². The molecule has 0 aliphatic carbocycles. The van der Waals surface area contributed by atoms with E-state index in [9.17, 15) is 24.0 Å². The first-order valence-electron chi connectivity index (χ1n) is 13.4. The maximum absolute atomic E-state index is 12.0. The van der Waals surface area contributed by atoms with E-state index in [1.165, 1.54) is 0 Å². The van der Waals surface area contributed by atoms with Crippen LogP contribution in [-0.4, -0.2) is 106 Å². The Bertz CT molecular complexity index is 760. The molecule has 0 saturated carbocycles. The molecule has 1 rings (SSSR count). The average Bonchev–Trinajstić information content (AvgIpc) is 3.12. The zero-order chi connectivity index (χ0) is 28.3. The molecule has 38 heavy (non-hydrogen) atoms. The highest BCUT2D eigenvalue weighted by molar-refractivity contribution is 6.03. The van der Waals surface area contributed by atoms with Gasteiger partial charge in [0, 0.05) is 44.7 Å². The highest BCUT2D eigenvalue weighted by Crippen LogP contribution is 2.18. The number of nitrogens with one attached hydrogen (secondary N) is 2. The Morgan fingerprint density at radius 2 is 1.42 bits per heavy atom. The molecule has 2 N–H and O–H groups in total. The van der Waals surface area contributed by atoms with E-state index in [-0.39, 0.29) is 73.7 Å². The van der Waals surface area contributed by atoms with Gasteiger partial charge in [0.15, 0.2) is 5.78 Å². The predicted octanol–water partition coefficient (Wildman–Crippen LogP) is 0.464. The van der Waals surface area contributed by atoms with Crippen LogP contribution in [0.2, 0.25) is 0 Å². The minimum Gasteiger partial charge on any atom is -0.379 e. The number of carbonyl (C=O) groups excluding carboxylic acids is 5. The molecule has 4 amide bonds. The van der Waals surface area contributed by atoms with Crippen molar-refractivity contribution in [3.63, 3.8) is 0 Å². The summed E-state index contributed by atoms with van der Waals surface area (Å²) in [5, 5.41) is 5.46. The largest absolute Gasteiger partial charge is 0.379 e. The van der Waals surface area contributed by atoms with Gasteiger partial charge in [-0.2, -0.15) is 0 Å². The molecule has 1 fully saturated rings. The van der Waals surface area contributed by atoms with Crippen molar-refractivity contribution in [1.29, 1.82) is 0 Å². The highest BCUT2D eigenvalue weighted by atomic mass is 16.6. The molecule has 0 spiro atoms. The lowest BCUT2D eigenvalue weighted by molar-refractivity contribution is -0.139. The van der Waals surface area contributed by atoms with E-state index >= 15 is 0 Å². The Hall–Kier alpha value is -2.41. The predicted molar refractivity (Wildman–Crippen MR) is 138 cm³/mol. The van der Waals surface area contributed by atoms with Crippen molar-refractivity contribution in [3.8, 4) is 0 Å². The molecule has 0 radical (unpaired) electrons. The molecule has 1 unspecified atom stereocenters. The number of carbonyl (C=O) groups is 5. The minimum atomic E-state index is -0.455. The number of rotatable bonds is 22. The summed E-state index contributed by atoms with van der Waals surface area (Å²) >= 11 is 0. The fourth-order valence-corrected chi connectivity index (χ4v) is 3.66. The molecule has 218 valence electrons. The van der Waals surface area contributed by atoms with Crippen LogP contribution < -0.4 is 10.6 Å². The van der Waals surface area contributed by atoms with Crippen molar-refractivity contribution >= 4 is 29.4 Å². The molecule has 2 atom stereocenters. The molecule has 1 saturated heterocycles. The van der Waals surface area contributed by atoms with Crippen molar-refractivity contribution in [2.45, 2.75) is 59.4 Å². The Kier molecular flexibility index (Phi) is 17.4. The Labute approximate surface area is 225 Å². The number of imide groups is 1. The summed E-state index contributed by atoms with van der Waals surface area (Å²) in [7, 11) is 0. The lowest BCUT2D eigenvalue weighted by Crippen LogP contribution is -2.44. The van der Waals surface area contributed by atoms with Crippen LogP contribution in [0.15, 0.2) is 0 Å². The fourth-order valence-electron chi connectivity index (χ4n) is 3.66. The number of ether oxygens (including phenoxy) is 4. The van der Waals surface area contributed by atoms with Crippen LogP contribution in [0.4, 0.5) is 0 Å². The Balaban J connectivity index is 1.87. The minimum absolute atomic E-state index is 0.0271. The molecule has 0 aromatic heterocycles. The number of Topliss-reactive ketones (excluding diaryl/α,β-unsaturated/α-hetero) is 1. The third kappa shape index (κ3) is 13.9. The number of nitrogens with zero attached hydrogens (tertiary/aromatic N) is 1. The van der Waals surface area contributed by atoms with Crippen molar-refractivity contribution in [1.82, 2.24) is 15.5 Å². The van der Waals surface area contributed by atoms with Crippen molar-refractivity contribution in [2.24, 2.45) is 11.8 Å². The lowest BCUT2D eigenvalue weighted by atomic mass is 9.98. The van der Waals surface area contributed by atoms with Gasteiger partial charge in [0.05, 0.1) is 58.9 Å². The van der Waals surface area contributed by atoms with Gasteiger partial charge in [-0.05, 0) is 5.92 Å². The second-order valence-corrected chi connectivity index (χ2v) is 9.40. The first-order chi connectivity index (χ1) is 18.2. The van der Waals surface area contributed by atoms with Gasteiger partial charge >= 0.3 is 0 Å². The SMILES string of the molecule is CCC(=O)[C@@H](NC(=O)CCOCCOCCOCCOCCNC(=O)CCN1C(=O)CC(C)C1=O)C(C)C. The van der Waals surface area contributed by atoms with E-state index in [1.807, 2.05) is 13.8 Å². The summed E-state index contributed by atoms with van der Waals surface area (Å²) in [4.78, 5) is 60.4. The monoisotopic (exact) mass is 543 g/mol. The third-order valence-electron chi connectivity index (χ3n) is 5.87. The van der Waals surface area contributed by atoms with Crippen molar-refractivity contribution < 1.29 is 42.9 Å². The van der Waals surface area contributed by atoms with Gasteiger partial charge in [0.25, 0.3) is 0 Å². The second-order valence-electron chi connectivity index (χ2n) is 9.40. The van der Waals surface area contributed by atoms with E-state index in [1.54, 1.807) is 13.8 Å². The number of hydrogen-bond acceptors (Lipinski definition) is 9. The van der Waals surface area contributed by atoms with E-state index in [2.05, 4.69) is 10.6 Å². The highest BCUT2D eigenvalue weighted by Gasteiger charge is 2.35. The molecule has 0 aromatic carbocycles. The maximum atomic E-state index is 12.0. The maximum Gasteiger partial charge on any atom is 0.232 e. The van der Waals surface area contributed by atoms with Gasteiger partial charge in [-0.25, -0.2) is 0 Å². The first-order valence-corrected chi connectivity index (χ1v) is 13.4. The Morgan fingerprint density at radius 1 is 0.868 bits per heavy atom. The van der Waals surface area contributed by atoms with Crippen LogP contribution in [0, 0.1) is 11.8 Å². The standard InChI is InChI=1S/C26H45N3O9/c1-5-21(30)25(19(2)3)28-23(32)7-10-35-12-14-37-16-17-38-15-13-36-11-8-27-22(31)6-9-29-24(33)18-20(4)26(29)34/h19-20,25H,5-18H2,1-4H3,(H,27,31)(H,28,32)/t20?,25-/m0/s1. The van der Waals surface area contributed by atoms with Crippen LogP contribution in [0.25, 0.3) is 0 Å². The van der Waals surface area contributed by atoms with Gasteiger partial charge < -0.3 is 29.6 Å². The number of ketones is 1. The van der Waals surface area contributed by atoms with Crippen LogP contribution in [0.5, 0.6) is 0 Å². The first kappa shape index (κ1) is 33.6. The molecule has 12 heteroatoms. The summed E-state index contributed by atoms with van der Waals surface area (Å²) in [5.74, 6) is -1.11. The van der Waals surface area contributed by atoms with Gasteiger partial charge in [0.2, 0.25) is 23.6 Å². The summed E-state index contributed by atoms with van der Waals surface area (Å²) < 4.78 is 21.6. The molecular formula is C26H45N3O9. The van der Waals surface area contributed by atoms with E-state index in [0.717, 1.165) is 4.90 Å². The van der Waals surface area contributed by atoms with Crippen LogP contribution >= 0.6 is 0 Å². The zero-order valence-electron chi connectivity index (χ0n) is 23.3. The number of hydrogen-bond donors (Lipinski definition) is 2. The van der Waals surface area contributed by atoms with Crippen LogP contribution in [0.3, 0.4) is 0 Å². The number of amides is 4. The van der Waals surface area contributed by atoms with Gasteiger partial charge in [-0.15, -0.1) is 0 Å². The Morgan fingerprint density at radius 3 is 1.92 bits per heavy atom. The lowest BCUT2D eigenvalue weighted by Gasteiger charge is -2.20. The van der Waals surface area contributed by atoms with Crippen molar-refractivity contribution in [2.75, 3.05) is 65.9 Å². The zero-order valence-corrected chi connectivity index (χ0v) is 23.3. The van der Waals surface area contributed by atoms with Gasteiger partial charge in [-0.3, -0.25) is 28.9 Å². The summed E-state index contributed by atoms with van der Waals surface area (Å²) in [6, 6.07) is -0.455. The molecule has 1 aliphatic heterocycles. The fraction of sp³-hybridized carbons (Fsp3) is 0.808. The molecule has 1 aliphatic rings. The number of likely N-dealkylation sites (tertiary alicyclic amines) is 1. The van der Waals surface area contributed by atoms with Crippen molar-refractivity contribution in [3.05, 3.63) is 0 Å². The third-order valence-corrected chi connectivity index (χ3v) is 5.87. The molecule has 12 nitrogen and oxygen atoms in total. The normalized spacial score (nSPS) is 16.2. The van der Waals surface area contributed by atoms with Crippen LogP contribution in [0.1, 0.15) is 53.4 Å². The summed E-state index contributed by atoms with van der Waals surface area (Å²) in [6.45, 7) is 10.6. The summed E-state index contributed by atoms with van der Waals surface area (Å²) in [5.41, 5.74) is 0. The summed E-state index contributed by atoms with van der Waals surface area (Å²) in [6.07, 6.45) is 0.867. The van der Waals surface area contributed by atoms with Gasteiger partial charge in [0.1, 0.15) is 0 Å². The van der Waals surface area contributed by atoms with E-state index in [0.29, 0.717) is 59.2 Å². The molecule has 1 heterocycles. The average molecular weight is 544 g/mol. The molecule has 0 aromatic rings. The van der Waals surface area contributed by atoms with E-state index < -0.39 is 6.04 Å². The van der Waals surface area contributed by atoms with Gasteiger partial charge in [-0.1, -0.05) is 27.7 Å². The smallest absolute Gasteiger partial charge is 0.232 e.